The molecule has 1 atom stereocenters. The first-order chi connectivity index (χ1) is 16.7. The number of carbonyl (C=O) groups is 1. The van der Waals surface area contributed by atoms with Gasteiger partial charge in [0.15, 0.2) is 0 Å². The Morgan fingerprint density at radius 1 is 1.03 bits per heavy atom. The Hall–Kier alpha value is -3.17. The van der Waals surface area contributed by atoms with E-state index in [1.165, 1.54) is 18.3 Å². The fourth-order valence-corrected chi connectivity index (χ4v) is 5.59. The first-order valence-corrected chi connectivity index (χ1v) is 13.2. The molecule has 1 unspecified atom stereocenters. The number of pyridine rings is 2. The fourth-order valence-electron chi connectivity index (χ4n) is 4.34. The minimum atomic E-state index is -3.72. The maximum Gasteiger partial charge on any atom is 0.242 e. The van der Waals surface area contributed by atoms with E-state index in [0.29, 0.717) is 31.4 Å². The summed E-state index contributed by atoms with van der Waals surface area (Å²) in [5.74, 6) is -0.554. The molecule has 1 aliphatic carbocycles. The standard InChI is InChI=1S/C26H29FN4O3S/c1-17-15-21(13-14-28-17)25-12-11-24(16-29-25)35(33,34)31-23-9-5-20(6-10-23)26(32)30-18(2)19-3-7-22(27)8-4-19/h3-4,7-8,11-16,18,20,23,31H,5-6,9-10H2,1-2H3,(H,30,32). The quantitative estimate of drug-likeness (QED) is 0.508. The molecule has 3 aromatic rings. The predicted octanol–water partition coefficient (Wildman–Crippen LogP) is 4.31. The van der Waals surface area contributed by atoms with Crippen molar-refractivity contribution in [2.45, 2.75) is 56.5 Å². The number of rotatable bonds is 7. The molecular weight excluding hydrogens is 467 g/mol. The van der Waals surface area contributed by atoms with E-state index in [9.17, 15) is 17.6 Å². The molecular formula is C26H29FN4O3S. The average molecular weight is 497 g/mol. The summed E-state index contributed by atoms with van der Waals surface area (Å²) in [7, 11) is -3.72. The van der Waals surface area contributed by atoms with E-state index in [4.69, 9.17) is 0 Å². The van der Waals surface area contributed by atoms with Crippen LogP contribution in [0, 0.1) is 18.7 Å². The van der Waals surface area contributed by atoms with E-state index in [-0.39, 0.29) is 34.6 Å². The largest absolute Gasteiger partial charge is 0.349 e. The third-order valence-corrected chi connectivity index (χ3v) is 7.89. The van der Waals surface area contributed by atoms with Crippen molar-refractivity contribution in [2.75, 3.05) is 0 Å². The van der Waals surface area contributed by atoms with Gasteiger partial charge in [0.25, 0.3) is 0 Å². The van der Waals surface area contributed by atoms with E-state index in [2.05, 4.69) is 20.0 Å². The van der Waals surface area contributed by atoms with E-state index < -0.39 is 10.0 Å². The zero-order valence-corrected chi connectivity index (χ0v) is 20.6. The minimum absolute atomic E-state index is 0.0609. The normalized spacial score (nSPS) is 19.2. The van der Waals surface area contributed by atoms with Crippen molar-refractivity contribution in [1.82, 2.24) is 20.0 Å². The number of sulfonamides is 1. The summed E-state index contributed by atoms with van der Waals surface area (Å²) >= 11 is 0. The lowest BCUT2D eigenvalue weighted by atomic mass is 9.85. The molecule has 0 bridgehead atoms. The summed E-state index contributed by atoms with van der Waals surface area (Å²) < 4.78 is 41.6. The Labute approximate surface area is 205 Å². The number of aryl methyl sites for hydroxylation is 1. The van der Waals surface area contributed by atoms with Gasteiger partial charge < -0.3 is 5.32 Å². The summed E-state index contributed by atoms with van der Waals surface area (Å²) in [6, 6.07) is 12.6. The summed E-state index contributed by atoms with van der Waals surface area (Å²) in [5, 5.41) is 2.98. The highest BCUT2D eigenvalue weighted by molar-refractivity contribution is 7.89. The van der Waals surface area contributed by atoms with Gasteiger partial charge >= 0.3 is 0 Å². The Bertz CT molecular complexity index is 1270. The topological polar surface area (TPSA) is 101 Å². The van der Waals surface area contributed by atoms with Crippen molar-refractivity contribution in [3.05, 3.63) is 78.0 Å². The summed E-state index contributed by atoms with van der Waals surface area (Å²) in [6.07, 6.45) is 5.39. The first-order valence-electron chi connectivity index (χ1n) is 11.7. The number of halogens is 1. The van der Waals surface area contributed by atoms with Crippen molar-refractivity contribution in [1.29, 1.82) is 0 Å². The highest BCUT2D eigenvalue weighted by Gasteiger charge is 2.30. The summed E-state index contributed by atoms with van der Waals surface area (Å²) in [5.41, 5.74) is 3.24. The van der Waals surface area contributed by atoms with Gasteiger partial charge in [-0.15, -0.1) is 0 Å². The lowest BCUT2D eigenvalue weighted by molar-refractivity contribution is -0.126. The third kappa shape index (κ3) is 6.29. The lowest BCUT2D eigenvalue weighted by Gasteiger charge is -2.29. The average Bonchev–Trinajstić information content (AvgIpc) is 2.84. The highest BCUT2D eigenvalue weighted by Crippen LogP contribution is 2.27. The maximum atomic E-state index is 13.1. The minimum Gasteiger partial charge on any atom is -0.349 e. The third-order valence-electron chi connectivity index (χ3n) is 6.39. The van der Waals surface area contributed by atoms with Gasteiger partial charge in [-0.1, -0.05) is 12.1 Å². The molecule has 35 heavy (non-hydrogen) atoms. The number of benzene rings is 1. The van der Waals surface area contributed by atoms with Crippen LogP contribution in [-0.4, -0.2) is 30.3 Å². The molecule has 1 aliphatic rings. The van der Waals surface area contributed by atoms with Crippen LogP contribution < -0.4 is 10.0 Å². The van der Waals surface area contributed by atoms with Crippen LogP contribution in [0.1, 0.15) is 49.9 Å². The molecule has 1 amide bonds. The zero-order chi connectivity index (χ0) is 25.0. The van der Waals surface area contributed by atoms with Crippen LogP contribution in [0.25, 0.3) is 11.3 Å². The monoisotopic (exact) mass is 496 g/mol. The maximum absolute atomic E-state index is 13.1. The number of amides is 1. The van der Waals surface area contributed by atoms with Crippen LogP contribution in [0.15, 0.2) is 65.8 Å². The molecule has 2 heterocycles. The molecule has 0 aliphatic heterocycles. The molecule has 9 heteroatoms. The molecule has 0 radical (unpaired) electrons. The second-order valence-electron chi connectivity index (χ2n) is 9.02. The second kappa shape index (κ2) is 10.6. The van der Waals surface area contributed by atoms with Crippen LogP contribution >= 0.6 is 0 Å². The molecule has 0 saturated heterocycles. The Morgan fingerprint density at radius 3 is 2.37 bits per heavy atom. The van der Waals surface area contributed by atoms with Crippen LogP contribution in [0.2, 0.25) is 0 Å². The van der Waals surface area contributed by atoms with E-state index in [1.54, 1.807) is 30.5 Å². The van der Waals surface area contributed by atoms with Crippen LogP contribution in [0.4, 0.5) is 4.39 Å². The molecule has 1 fully saturated rings. The molecule has 7 nitrogen and oxygen atoms in total. The Kier molecular flexibility index (Phi) is 7.57. The first kappa shape index (κ1) is 24.9. The SMILES string of the molecule is Cc1cc(-c2ccc(S(=O)(=O)NC3CCC(C(=O)NC(C)c4ccc(F)cc4)CC3)cn2)ccn1. The molecule has 1 saturated carbocycles. The molecule has 2 aromatic heterocycles. The van der Waals surface area contributed by atoms with Gasteiger partial charge in [-0.2, -0.15) is 0 Å². The van der Waals surface area contributed by atoms with E-state index in [1.807, 2.05) is 26.0 Å². The Morgan fingerprint density at radius 2 is 1.74 bits per heavy atom. The smallest absolute Gasteiger partial charge is 0.242 e. The van der Waals surface area contributed by atoms with Gasteiger partial charge in [-0.3, -0.25) is 14.8 Å². The van der Waals surface area contributed by atoms with E-state index >= 15 is 0 Å². The highest BCUT2D eigenvalue weighted by atomic mass is 32.2. The number of nitrogens with zero attached hydrogens (tertiary/aromatic N) is 2. The van der Waals surface area contributed by atoms with Gasteiger partial charge in [-0.05, 0) is 81.5 Å². The molecule has 184 valence electrons. The molecule has 1 aromatic carbocycles. The van der Waals surface area contributed by atoms with Crippen molar-refractivity contribution >= 4 is 15.9 Å². The number of nitrogens with one attached hydrogen (secondary N) is 2. The summed E-state index contributed by atoms with van der Waals surface area (Å²) in [6.45, 7) is 3.75. The van der Waals surface area contributed by atoms with Crippen LogP contribution in [0.5, 0.6) is 0 Å². The van der Waals surface area contributed by atoms with Crippen molar-refractivity contribution in [3.8, 4) is 11.3 Å². The molecule has 0 spiro atoms. The lowest BCUT2D eigenvalue weighted by Crippen LogP contribution is -2.41. The number of carbonyl (C=O) groups excluding carboxylic acids is 1. The van der Waals surface area contributed by atoms with Gasteiger partial charge in [0.05, 0.1) is 11.7 Å². The second-order valence-corrected chi connectivity index (χ2v) is 10.7. The van der Waals surface area contributed by atoms with Crippen LogP contribution in [-0.2, 0) is 14.8 Å². The number of hydrogen-bond acceptors (Lipinski definition) is 5. The van der Waals surface area contributed by atoms with Gasteiger partial charge in [0, 0.05) is 35.6 Å². The van der Waals surface area contributed by atoms with Crippen LogP contribution in [0.3, 0.4) is 0 Å². The summed E-state index contributed by atoms with van der Waals surface area (Å²) in [4.78, 5) is 21.3. The molecule has 4 rings (SSSR count). The van der Waals surface area contributed by atoms with Gasteiger partial charge in [0.2, 0.25) is 15.9 Å². The fraction of sp³-hybridized carbons (Fsp3) is 0.346. The van der Waals surface area contributed by atoms with Crippen molar-refractivity contribution in [2.24, 2.45) is 5.92 Å². The predicted molar refractivity (Wildman–Crippen MR) is 131 cm³/mol. The number of hydrogen-bond donors (Lipinski definition) is 2. The zero-order valence-electron chi connectivity index (χ0n) is 19.7. The Balaban J connectivity index is 1.30. The van der Waals surface area contributed by atoms with Crippen molar-refractivity contribution in [3.63, 3.8) is 0 Å². The van der Waals surface area contributed by atoms with Gasteiger partial charge in [0.1, 0.15) is 10.7 Å². The van der Waals surface area contributed by atoms with E-state index in [0.717, 1.165) is 16.8 Å². The molecule has 2 N–H and O–H groups in total. The van der Waals surface area contributed by atoms with Gasteiger partial charge in [-0.25, -0.2) is 17.5 Å². The number of aromatic nitrogens is 2. The van der Waals surface area contributed by atoms with Crippen molar-refractivity contribution < 1.29 is 17.6 Å².